The Labute approximate surface area is 115 Å². The smallest absolute Gasteiger partial charge is 0.179 e. The van der Waals surface area contributed by atoms with Crippen molar-refractivity contribution in [3.63, 3.8) is 0 Å². The molecule has 0 amide bonds. The summed E-state index contributed by atoms with van der Waals surface area (Å²) in [7, 11) is 0. The zero-order valence-electron chi connectivity index (χ0n) is 11.4. The largest absolute Gasteiger partial charge is 0.294 e. The molecule has 100 valence electrons. The highest BCUT2D eigenvalue weighted by molar-refractivity contribution is 6.31. The maximum Gasteiger partial charge on any atom is 0.179 e. The van der Waals surface area contributed by atoms with Crippen LogP contribution in [-0.4, -0.2) is 29.8 Å². The van der Waals surface area contributed by atoms with Gasteiger partial charge in [-0.2, -0.15) is 0 Å². The number of carbonyl (C=O) groups is 1. The molecule has 0 spiro atoms. The predicted molar refractivity (Wildman–Crippen MR) is 77.4 cm³/mol. The summed E-state index contributed by atoms with van der Waals surface area (Å²) in [4.78, 5) is 14.6. The van der Waals surface area contributed by atoms with Gasteiger partial charge in [0.25, 0.3) is 0 Å². The average molecular weight is 268 g/mol. The molecule has 18 heavy (non-hydrogen) atoms. The van der Waals surface area contributed by atoms with Crippen molar-refractivity contribution in [1.82, 2.24) is 4.90 Å². The van der Waals surface area contributed by atoms with Crippen molar-refractivity contribution in [2.24, 2.45) is 0 Å². The summed E-state index contributed by atoms with van der Waals surface area (Å²) in [6, 6.07) is 7.11. The fraction of sp³-hybridized carbons (Fsp3) is 0.533. The number of hydrogen-bond acceptors (Lipinski definition) is 2. The third-order valence-electron chi connectivity index (χ3n) is 3.24. The molecule has 0 aliphatic rings. The van der Waals surface area contributed by atoms with E-state index in [0.29, 0.717) is 10.6 Å². The molecule has 1 aromatic rings. The van der Waals surface area contributed by atoms with Crippen LogP contribution < -0.4 is 0 Å². The minimum atomic E-state index is -0.0833. The highest BCUT2D eigenvalue weighted by Gasteiger charge is 2.20. The Kier molecular flexibility index (Phi) is 6.37. The zero-order chi connectivity index (χ0) is 13.5. The third kappa shape index (κ3) is 4.11. The van der Waals surface area contributed by atoms with Crippen molar-refractivity contribution in [2.45, 2.75) is 39.7 Å². The molecule has 0 aliphatic heterocycles. The van der Waals surface area contributed by atoms with Crippen LogP contribution in [0.2, 0.25) is 5.02 Å². The number of halogens is 1. The summed E-state index contributed by atoms with van der Waals surface area (Å²) in [6.45, 7) is 8.10. The molecule has 1 unspecified atom stereocenters. The second-order valence-electron chi connectivity index (χ2n) is 4.53. The lowest BCUT2D eigenvalue weighted by Crippen LogP contribution is -2.39. The molecule has 0 heterocycles. The average Bonchev–Trinajstić information content (AvgIpc) is 2.38. The molecule has 0 fully saturated rings. The van der Waals surface area contributed by atoms with Crippen LogP contribution in [0.1, 0.15) is 44.0 Å². The highest BCUT2D eigenvalue weighted by atomic mass is 35.5. The van der Waals surface area contributed by atoms with E-state index in [1.807, 2.05) is 19.1 Å². The molecule has 1 atom stereocenters. The minimum absolute atomic E-state index is 0.0833. The summed E-state index contributed by atoms with van der Waals surface area (Å²) in [5, 5.41) is 0.615. The molecule has 0 N–H and O–H groups in total. The van der Waals surface area contributed by atoms with Crippen molar-refractivity contribution in [3.8, 4) is 0 Å². The molecular weight excluding hydrogens is 246 g/mol. The van der Waals surface area contributed by atoms with Crippen LogP contribution in [0, 0.1) is 0 Å². The van der Waals surface area contributed by atoms with Crippen LogP contribution >= 0.6 is 11.6 Å². The van der Waals surface area contributed by atoms with Crippen molar-refractivity contribution < 1.29 is 4.79 Å². The van der Waals surface area contributed by atoms with E-state index in [9.17, 15) is 4.79 Å². The molecular formula is C15H22ClNO. The molecule has 0 radical (unpaired) electrons. The molecule has 0 saturated carbocycles. The molecule has 1 aromatic carbocycles. The normalized spacial score (nSPS) is 12.7. The van der Waals surface area contributed by atoms with Gasteiger partial charge in [-0.05, 0) is 38.6 Å². The van der Waals surface area contributed by atoms with Crippen molar-refractivity contribution in [3.05, 3.63) is 34.9 Å². The number of rotatable bonds is 7. The molecule has 1 rings (SSSR count). The van der Waals surface area contributed by atoms with Gasteiger partial charge in [0.2, 0.25) is 0 Å². The number of likely N-dealkylation sites (N-methyl/N-ethyl adjacent to an activating group) is 1. The van der Waals surface area contributed by atoms with Gasteiger partial charge in [-0.3, -0.25) is 9.69 Å². The van der Waals surface area contributed by atoms with Crippen LogP contribution in [0.25, 0.3) is 0 Å². The lowest BCUT2D eigenvalue weighted by molar-refractivity contribution is 0.0843. The topological polar surface area (TPSA) is 20.3 Å². The molecule has 2 nitrogen and oxygen atoms in total. The number of nitrogens with zero attached hydrogens (tertiary/aromatic N) is 1. The van der Waals surface area contributed by atoms with E-state index in [4.69, 9.17) is 11.6 Å². The van der Waals surface area contributed by atoms with Gasteiger partial charge in [0.15, 0.2) is 5.78 Å². The Hall–Kier alpha value is -0.860. The van der Waals surface area contributed by atoms with Gasteiger partial charge in [0, 0.05) is 10.6 Å². The first-order valence-electron chi connectivity index (χ1n) is 6.64. The van der Waals surface area contributed by atoms with Crippen LogP contribution in [0.3, 0.4) is 0 Å². The Bertz CT molecular complexity index is 392. The fourth-order valence-corrected chi connectivity index (χ4v) is 2.23. The van der Waals surface area contributed by atoms with Crippen LogP contribution in [0.4, 0.5) is 0 Å². The van der Waals surface area contributed by atoms with Gasteiger partial charge < -0.3 is 0 Å². The van der Waals surface area contributed by atoms with E-state index in [0.717, 1.165) is 25.9 Å². The van der Waals surface area contributed by atoms with E-state index in [1.165, 1.54) is 0 Å². The standard InChI is InChI=1S/C15H22ClNO/c1-4-6-10-17(5-2)12(3)15(18)13-8-7-9-14(16)11-13/h7-9,11-12H,4-6,10H2,1-3H3. The molecule has 0 aromatic heterocycles. The van der Waals surface area contributed by atoms with E-state index in [1.54, 1.807) is 12.1 Å². The van der Waals surface area contributed by atoms with Gasteiger partial charge in [0.1, 0.15) is 0 Å². The summed E-state index contributed by atoms with van der Waals surface area (Å²) in [6.07, 6.45) is 2.27. The maximum atomic E-state index is 12.4. The van der Waals surface area contributed by atoms with E-state index >= 15 is 0 Å². The number of ketones is 1. The summed E-state index contributed by atoms with van der Waals surface area (Å²) < 4.78 is 0. The Morgan fingerprint density at radius 1 is 1.39 bits per heavy atom. The minimum Gasteiger partial charge on any atom is -0.294 e. The first-order chi connectivity index (χ1) is 8.60. The summed E-state index contributed by atoms with van der Waals surface area (Å²) >= 11 is 5.92. The lowest BCUT2D eigenvalue weighted by atomic mass is 10.0. The van der Waals surface area contributed by atoms with Gasteiger partial charge >= 0.3 is 0 Å². The highest BCUT2D eigenvalue weighted by Crippen LogP contribution is 2.15. The monoisotopic (exact) mass is 267 g/mol. The van der Waals surface area contributed by atoms with E-state index in [2.05, 4.69) is 18.7 Å². The zero-order valence-corrected chi connectivity index (χ0v) is 12.2. The van der Waals surface area contributed by atoms with E-state index < -0.39 is 0 Å². The summed E-state index contributed by atoms with van der Waals surface area (Å²) in [5.41, 5.74) is 0.699. The Balaban J connectivity index is 2.75. The predicted octanol–water partition coefficient (Wildman–Crippen LogP) is 4.03. The number of carbonyl (C=O) groups excluding carboxylic acids is 1. The van der Waals surface area contributed by atoms with Gasteiger partial charge in [-0.25, -0.2) is 0 Å². The van der Waals surface area contributed by atoms with Crippen molar-refractivity contribution in [1.29, 1.82) is 0 Å². The first kappa shape index (κ1) is 15.2. The molecule has 0 aliphatic carbocycles. The first-order valence-corrected chi connectivity index (χ1v) is 7.01. The van der Waals surface area contributed by atoms with Crippen molar-refractivity contribution >= 4 is 17.4 Å². The number of Topliss-reactive ketones (excluding diaryl/α,β-unsaturated/α-hetero) is 1. The Morgan fingerprint density at radius 3 is 2.67 bits per heavy atom. The van der Waals surface area contributed by atoms with Crippen LogP contribution in [0.5, 0.6) is 0 Å². The third-order valence-corrected chi connectivity index (χ3v) is 3.48. The molecule has 0 saturated heterocycles. The second-order valence-corrected chi connectivity index (χ2v) is 4.97. The maximum absolute atomic E-state index is 12.4. The van der Waals surface area contributed by atoms with Gasteiger partial charge in [-0.15, -0.1) is 0 Å². The second kappa shape index (κ2) is 7.55. The fourth-order valence-electron chi connectivity index (χ4n) is 2.04. The SMILES string of the molecule is CCCCN(CC)C(C)C(=O)c1cccc(Cl)c1. The lowest BCUT2D eigenvalue weighted by Gasteiger charge is -2.26. The van der Waals surface area contributed by atoms with Gasteiger partial charge in [0.05, 0.1) is 6.04 Å². The van der Waals surface area contributed by atoms with Crippen LogP contribution in [-0.2, 0) is 0 Å². The summed E-state index contributed by atoms with van der Waals surface area (Å²) in [5.74, 6) is 0.149. The number of unbranched alkanes of at least 4 members (excludes halogenated alkanes) is 1. The molecule has 3 heteroatoms. The number of hydrogen-bond donors (Lipinski definition) is 0. The van der Waals surface area contributed by atoms with Crippen molar-refractivity contribution in [2.75, 3.05) is 13.1 Å². The molecule has 0 bridgehead atoms. The quantitative estimate of drug-likeness (QED) is 0.695. The Morgan fingerprint density at radius 2 is 2.11 bits per heavy atom. The van der Waals surface area contributed by atoms with Crippen LogP contribution in [0.15, 0.2) is 24.3 Å². The number of benzene rings is 1. The van der Waals surface area contributed by atoms with E-state index in [-0.39, 0.29) is 11.8 Å². The van der Waals surface area contributed by atoms with Gasteiger partial charge in [-0.1, -0.05) is 44.0 Å².